The number of fused-ring (bicyclic) bond motifs is 1. The highest BCUT2D eigenvalue weighted by molar-refractivity contribution is 6.03. The standard InChI is InChI=1S/C20H20O6/c1-10(2)6-7-11-14(22)8-17-18(20(11)25)15(23)9-16(26-17)12-4-3-5-13(21)19(12)24/h3-6,8,16,21-22,24-25H,7,9H2,1-2H3. The number of carbonyl (C=O) groups is 1. The molecule has 0 saturated heterocycles. The summed E-state index contributed by atoms with van der Waals surface area (Å²) in [6.45, 7) is 3.79. The van der Waals surface area contributed by atoms with E-state index in [0.29, 0.717) is 0 Å². The average molecular weight is 356 g/mol. The van der Waals surface area contributed by atoms with Crippen LogP contribution in [0, 0.1) is 0 Å². The molecule has 2 aromatic rings. The molecular formula is C20H20O6. The van der Waals surface area contributed by atoms with Gasteiger partial charge in [-0.3, -0.25) is 4.79 Å². The number of allylic oxidation sites excluding steroid dienone is 2. The number of carbonyl (C=O) groups excluding carboxylic acids is 1. The molecule has 1 aliphatic heterocycles. The van der Waals surface area contributed by atoms with Gasteiger partial charge in [0.2, 0.25) is 0 Å². The summed E-state index contributed by atoms with van der Waals surface area (Å²) in [7, 11) is 0. The van der Waals surface area contributed by atoms with E-state index < -0.39 is 6.10 Å². The van der Waals surface area contributed by atoms with Crippen molar-refractivity contribution >= 4 is 5.78 Å². The Balaban J connectivity index is 2.03. The van der Waals surface area contributed by atoms with E-state index in [1.54, 1.807) is 6.07 Å². The Morgan fingerprint density at radius 2 is 1.88 bits per heavy atom. The third kappa shape index (κ3) is 3.06. The fourth-order valence-corrected chi connectivity index (χ4v) is 2.99. The highest BCUT2D eigenvalue weighted by Gasteiger charge is 2.34. The number of Topliss-reactive ketones (excluding diaryl/α,β-unsaturated/α-hetero) is 1. The number of aromatic hydroxyl groups is 4. The zero-order valence-corrected chi connectivity index (χ0v) is 14.5. The Morgan fingerprint density at radius 3 is 2.58 bits per heavy atom. The van der Waals surface area contributed by atoms with E-state index in [4.69, 9.17) is 4.74 Å². The number of para-hydroxylation sites is 1. The Hall–Kier alpha value is -3.15. The molecule has 1 aliphatic rings. The normalized spacial score (nSPS) is 15.9. The van der Waals surface area contributed by atoms with Gasteiger partial charge in [-0.05, 0) is 26.3 Å². The minimum atomic E-state index is -0.829. The molecule has 1 heterocycles. The number of phenols is 4. The molecule has 6 nitrogen and oxygen atoms in total. The maximum atomic E-state index is 12.6. The lowest BCUT2D eigenvalue weighted by Gasteiger charge is -2.27. The average Bonchev–Trinajstić information content (AvgIpc) is 2.56. The SMILES string of the molecule is CC(C)=CCc1c(O)cc2c(c1O)C(=O)CC(c1cccc(O)c1O)O2. The summed E-state index contributed by atoms with van der Waals surface area (Å²) in [6, 6.07) is 5.70. The highest BCUT2D eigenvalue weighted by atomic mass is 16.5. The molecule has 6 heteroatoms. The van der Waals surface area contributed by atoms with Crippen molar-refractivity contribution in [3.8, 4) is 28.7 Å². The van der Waals surface area contributed by atoms with E-state index in [2.05, 4.69) is 0 Å². The summed E-state index contributed by atoms with van der Waals surface area (Å²) in [5, 5.41) is 40.4. The van der Waals surface area contributed by atoms with Gasteiger partial charge >= 0.3 is 0 Å². The number of phenolic OH excluding ortho intramolecular Hbond substituents is 4. The van der Waals surface area contributed by atoms with Crippen LogP contribution in [0.2, 0.25) is 0 Å². The van der Waals surface area contributed by atoms with Crippen LogP contribution in [0.3, 0.4) is 0 Å². The fraction of sp³-hybridized carbons (Fsp3) is 0.250. The van der Waals surface area contributed by atoms with Gasteiger partial charge in [0, 0.05) is 17.2 Å². The molecule has 0 fully saturated rings. The lowest BCUT2D eigenvalue weighted by atomic mass is 9.92. The van der Waals surface area contributed by atoms with Crippen molar-refractivity contribution in [3.05, 3.63) is 52.6 Å². The van der Waals surface area contributed by atoms with Crippen molar-refractivity contribution in [1.82, 2.24) is 0 Å². The number of rotatable bonds is 3. The quantitative estimate of drug-likeness (QED) is 0.493. The smallest absolute Gasteiger partial charge is 0.174 e. The molecule has 0 aromatic heterocycles. The second-order valence-electron chi connectivity index (χ2n) is 6.53. The minimum Gasteiger partial charge on any atom is -0.507 e. The molecule has 3 rings (SSSR count). The zero-order valence-electron chi connectivity index (χ0n) is 14.5. The topological polar surface area (TPSA) is 107 Å². The van der Waals surface area contributed by atoms with E-state index in [9.17, 15) is 25.2 Å². The van der Waals surface area contributed by atoms with Gasteiger partial charge in [-0.1, -0.05) is 23.8 Å². The molecule has 1 atom stereocenters. The molecule has 26 heavy (non-hydrogen) atoms. The van der Waals surface area contributed by atoms with E-state index in [1.165, 1.54) is 18.2 Å². The van der Waals surface area contributed by atoms with Crippen LogP contribution in [0.15, 0.2) is 35.9 Å². The summed E-state index contributed by atoms with van der Waals surface area (Å²) in [5.41, 5.74) is 1.57. The van der Waals surface area contributed by atoms with E-state index in [-0.39, 0.29) is 64.1 Å². The van der Waals surface area contributed by atoms with Gasteiger partial charge in [-0.2, -0.15) is 0 Å². The van der Waals surface area contributed by atoms with E-state index >= 15 is 0 Å². The van der Waals surface area contributed by atoms with Gasteiger partial charge < -0.3 is 25.2 Å². The van der Waals surface area contributed by atoms with Crippen LogP contribution in [0.25, 0.3) is 0 Å². The van der Waals surface area contributed by atoms with Crippen molar-refractivity contribution in [1.29, 1.82) is 0 Å². The van der Waals surface area contributed by atoms with Gasteiger partial charge in [0.1, 0.15) is 28.9 Å². The molecule has 0 aliphatic carbocycles. The number of hydrogen-bond acceptors (Lipinski definition) is 6. The first kappa shape index (κ1) is 17.7. The second-order valence-corrected chi connectivity index (χ2v) is 6.53. The van der Waals surface area contributed by atoms with Crippen LogP contribution in [0.4, 0.5) is 0 Å². The molecule has 0 bridgehead atoms. The number of ketones is 1. The van der Waals surface area contributed by atoms with Crippen LogP contribution >= 0.6 is 0 Å². The summed E-state index contributed by atoms with van der Waals surface area (Å²) in [6.07, 6.45) is 1.19. The molecule has 1 unspecified atom stereocenters. The third-order valence-corrected chi connectivity index (χ3v) is 4.37. The predicted molar refractivity (Wildman–Crippen MR) is 95.0 cm³/mol. The lowest BCUT2D eigenvalue weighted by Crippen LogP contribution is -2.21. The monoisotopic (exact) mass is 356 g/mol. The molecule has 0 spiro atoms. The van der Waals surface area contributed by atoms with Gasteiger partial charge in [0.25, 0.3) is 0 Å². The van der Waals surface area contributed by atoms with Gasteiger partial charge in [-0.15, -0.1) is 0 Å². The van der Waals surface area contributed by atoms with E-state index in [1.807, 2.05) is 19.9 Å². The Bertz CT molecular complexity index is 909. The summed E-state index contributed by atoms with van der Waals surface area (Å²) < 4.78 is 5.74. The van der Waals surface area contributed by atoms with Crippen LogP contribution in [0.1, 0.15) is 47.9 Å². The minimum absolute atomic E-state index is 0.0239. The van der Waals surface area contributed by atoms with Crippen molar-refractivity contribution in [2.75, 3.05) is 0 Å². The fourth-order valence-electron chi connectivity index (χ4n) is 2.99. The second kappa shape index (κ2) is 6.63. The zero-order chi connectivity index (χ0) is 19.0. The molecule has 136 valence electrons. The molecule has 2 aromatic carbocycles. The van der Waals surface area contributed by atoms with Crippen molar-refractivity contribution in [3.63, 3.8) is 0 Å². The van der Waals surface area contributed by atoms with Crippen molar-refractivity contribution in [2.24, 2.45) is 0 Å². The molecule has 0 saturated carbocycles. The van der Waals surface area contributed by atoms with E-state index in [0.717, 1.165) is 5.57 Å². The number of ether oxygens (including phenoxy) is 1. The number of benzene rings is 2. The first-order valence-electron chi connectivity index (χ1n) is 8.21. The summed E-state index contributed by atoms with van der Waals surface area (Å²) in [4.78, 5) is 12.6. The molecule has 0 radical (unpaired) electrons. The summed E-state index contributed by atoms with van der Waals surface area (Å²) in [5.74, 6) is -1.46. The first-order valence-corrected chi connectivity index (χ1v) is 8.21. The molecule has 0 amide bonds. The summed E-state index contributed by atoms with van der Waals surface area (Å²) >= 11 is 0. The van der Waals surface area contributed by atoms with Crippen LogP contribution < -0.4 is 4.74 Å². The number of hydrogen-bond donors (Lipinski definition) is 4. The van der Waals surface area contributed by atoms with Crippen LogP contribution in [-0.2, 0) is 6.42 Å². The maximum Gasteiger partial charge on any atom is 0.174 e. The Morgan fingerprint density at radius 1 is 1.15 bits per heavy atom. The Labute approximate surface area is 150 Å². The van der Waals surface area contributed by atoms with Gasteiger partial charge in [-0.25, -0.2) is 0 Å². The van der Waals surface area contributed by atoms with Crippen LogP contribution in [0.5, 0.6) is 28.7 Å². The predicted octanol–water partition coefficient (Wildman–Crippen LogP) is 3.72. The van der Waals surface area contributed by atoms with Crippen LogP contribution in [-0.4, -0.2) is 26.2 Å². The van der Waals surface area contributed by atoms with Gasteiger partial charge in [0.15, 0.2) is 17.3 Å². The largest absolute Gasteiger partial charge is 0.507 e. The Kier molecular flexibility index (Phi) is 4.50. The molecule has 4 N–H and O–H groups in total. The lowest BCUT2D eigenvalue weighted by molar-refractivity contribution is 0.0841. The first-order chi connectivity index (χ1) is 12.3. The van der Waals surface area contributed by atoms with Crippen molar-refractivity contribution in [2.45, 2.75) is 32.8 Å². The maximum absolute atomic E-state index is 12.6. The molecular weight excluding hydrogens is 336 g/mol. The van der Waals surface area contributed by atoms with Crippen molar-refractivity contribution < 1.29 is 30.0 Å². The van der Waals surface area contributed by atoms with Gasteiger partial charge in [0.05, 0.1) is 6.42 Å². The highest BCUT2D eigenvalue weighted by Crippen LogP contribution is 2.46. The third-order valence-electron chi connectivity index (χ3n) is 4.37.